The quantitative estimate of drug-likeness (QED) is 0.683. The molecule has 1 aromatic heterocycles. The van der Waals surface area contributed by atoms with Crippen LogP contribution >= 0.6 is 0 Å². The van der Waals surface area contributed by atoms with E-state index >= 15 is 0 Å². The van der Waals surface area contributed by atoms with Crippen LogP contribution in [0.4, 0.5) is 5.69 Å². The number of nitrogens with zero attached hydrogens (tertiary/aromatic N) is 3. The largest absolute Gasteiger partial charge is 0.312 e. The Bertz CT molecular complexity index is 1180. The van der Waals surface area contributed by atoms with Crippen LogP contribution in [0.1, 0.15) is 30.3 Å². The summed E-state index contributed by atoms with van der Waals surface area (Å²) in [6.07, 6.45) is 5.21. The molecule has 4 rings (SSSR count). The molecule has 0 spiro atoms. The molecule has 0 saturated heterocycles. The van der Waals surface area contributed by atoms with Crippen molar-refractivity contribution in [1.82, 2.24) is 14.3 Å². The van der Waals surface area contributed by atoms with Crippen molar-refractivity contribution in [3.63, 3.8) is 0 Å². The van der Waals surface area contributed by atoms with Crippen LogP contribution in [0.5, 0.6) is 0 Å². The lowest BCUT2D eigenvalue weighted by atomic mass is 10.0. The predicted octanol–water partition coefficient (Wildman–Crippen LogP) is 2.96. The van der Waals surface area contributed by atoms with Gasteiger partial charge in [-0.05, 0) is 61.2 Å². The Balaban J connectivity index is 1.48. The SMILES string of the molecule is CC(=O)N1CCCc2cc(S(=O)(=O)NCc3ccc(-n4ccnc4C)cc3)ccc21. The van der Waals surface area contributed by atoms with Crippen molar-refractivity contribution in [1.29, 1.82) is 0 Å². The predicted molar refractivity (Wildman–Crippen MR) is 115 cm³/mol. The van der Waals surface area contributed by atoms with Crippen LogP contribution in [0.2, 0.25) is 0 Å². The number of carbonyl (C=O) groups is 1. The van der Waals surface area contributed by atoms with Crippen molar-refractivity contribution in [2.45, 2.75) is 38.1 Å². The maximum Gasteiger partial charge on any atom is 0.240 e. The summed E-state index contributed by atoms with van der Waals surface area (Å²) in [4.78, 5) is 17.9. The number of nitrogens with one attached hydrogen (secondary N) is 1. The molecule has 7 nitrogen and oxygen atoms in total. The number of anilines is 1. The van der Waals surface area contributed by atoms with Gasteiger partial charge in [0.1, 0.15) is 5.82 Å². The maximum absolute atomic E-state index is 12.8. The third kappa shape index (κ3) is 4.01. The normalized spacial score (nSPS) is 13.9. The van der Waals surface area contributed by atoms with Crippen LogP contribution in [0.3, 0.4) is 0 Å². The average molecular weight is 425 g/mol. The molecule has 0 fully saturated rings. The fraction of sp³-hybridized carbons (Fsp3) is 0.273. The number of imidazole rings is 1. The fourth-order valence-corrected chi connectivity index (χ4v) is 4.82. The number of hydrogen-bond donors (Lipinski definition) is 1. The van der Waals surface area contributed by atoms with E-state index in [1.807, 2.05) is 42.0 Å². The molecule has 156 valence electrons. The summed E-state index contributed by atoms with van der Waals surface area (Å²) in [5.41, 5.74) is 3.53. The molecule has 3 aromatic rings. The minimum absolute atomic E-state index is 0.0287. The highest BCUT2D eigenvalue weighted by molar-refractivity contribution is 7.89. The molecule has 0 saturated carbocycles. The lowest BCUT2D eigenvalue weighted by Gasteiger charge is -2.28. The molecule has 1 aliphatic rings. The van der Waals surface area contributed by atoms with E-state index in [1.54, 1.807) is 29.3 Å². The first-order chi connectivity index (χ1) is 14.3. The molecule has 2 heterocycles. The third-order valence-corrected chi connectivity index (χ3v) is 6.77. The second-order valence-corrected chi connectivity index (χ2v) is 9.17. The van der Waals surface area contributed by atoms with Crippen LogP contribution < -0.4 is 9.62 Å². The van der Waals surface area contributed by atoms with Gasteiger partial charge < -0.3 is 9.47 Å². The number of sulfonamides is 1. The van der Waals surface area contributed by atoms with Crippen LogP contribution in [-0.2, 0) is 27.8 Å². The van der Waals surface area contributed by atoms with E-state index in [9.17, 15) is 13.2 Å². The van der Waals surface area contributed by atoms with Crippen molar-refractivity contribution < 1.29 is 13.2 Å². The summed E-state index contributed by atoms with van der Waals surface area (Å²) in [7, 11) is -3.66. The molecule has 2 aromatic carbocycles. The molecule has 0 atom stereocenters. The van der Waals surface area contributed by atoms with Gasteiger partial charge in [0.05, 0.1) is 4.90 Å². The molecule has 1 N–H and O–H groups in total. The van der Waals surface area contributed by atoms with Gasteiger partial charge in [-0.2, -0.15) is 0 Å². The van der Waals surface area contributed by atoms with Gasteiger partial charge in [-0.3, -0.25) is 4.79 Å². The minimum Gasteiger partial charge on any atom is -0.312 e. The molecule has 0 aliphatic carbocycles. The molecular formula is C22H24N4O3S. The summed E-state index contributed by atoms with van der Waals surface area (Å²) in [5.74, 6) is 0.859. The third-order valence-electron chi connectivity index (χ3n) is 5.37. The van der Waals surface area contributed by atoms with E-state index in [0.717, 1.165) is 41.2 Å². The second-order valence-electron chi connectivity index (χ2n) is 7.40. The van der Waals surface area contributed by atoms with Gasteiger partial charge in [0, 0.05) is 43.8 Å². The Kier molecular flexibility index (Phi) is 5.44. The lowest BCUT2D eigenvalue weighted by Crippen LogP contribution is -2.33. The molecule has 1 amide bonds. The summed E-state index contributed by atoms with van der Waals surface area (Å²) in [6, 6.07) is 12.6. The van der Waals surface area contributed by atoms with E-state index in [1.165, 1.54) is 6.92 Å². The first-order valence-electron chi connectivity index (χ1n) is 9.85. The number of amides is 1. The van der Waals surface area contributed by atoms with Gasteiger partial charge in [-0.15, -0.1) is 0 Å². The highest BCUT2D eigenvalue weighted by atomic mass is 32.2. The van der Waals surface area contributed by atoms with Crippen molar-refractivity contribution in [3.05, 3.63) is 71.8 Å². The van der Waals surface area contributed by atoms with Gasteiger partial charge in [0.2, 0.25) is 15.9 Å². The Hall–Kier alpha value is -2.97. The Morgan fingerprint density at radius 3 is 2.60 bits per heavy atom. The van der Waals surface area contributed by atoms with E-state index in [2.05, 4.69) is 9.71 Å². The minimum atomic E-state index is -3.66. The highest BCUT2D eigenvalue weighted by Gasteiger charge is 2.23. The number of hydrogen-bond acceptors (Lipinski definition) is 4. The average Bonchev–Trinajstić information content (AvgIpc) is 3.17. The number of benzene rings is 2. The summed E-state index contributed by atoms with van der Waals surface area (Å²) >= 11 is 0. The number of fused-ring (bicyclic) bond motifs is 1. The number of aryl methyl sites for hydroxylation is 2. The first kappa shape index (κ1) is 20.3. The van der Waals surface area contributed by atoms with Gasteiger partial charge in [0.25, 0.3) is 0 Å². The van der Waals surface area contributed by atoms with E-state index in [0.29, 0.717) is 6.54 Å². The van der Waals surface area contributed by atoms with Crippen molar-refractivity contribution in [2.24, 2.45) is 0 Å². The lowest BCUT2D eigenvalue weighted by molar-refractivity contribution is -0.116. The summed E-state index contributed by atoms with van der Waals surface area (Å²) < 4.78 is 30.2. The number of rotatable bonds is 5. The van der Waals surface area contributed by atoms with E-state index in [-0.39, 0.29) is 17.3 Å². The zero-order valence-corrected chi connectivity index (χ0v) is 17.8. The smallest absolute Gasteiger partial charge is 0.240 e. The second kappa shape index (κ2) is 8.04. The molecule has 8 heteroatoms. The molecule has 30 heavy (non-hydrogen) atoms. The molecular weight excluding hydrogens is 400 g/mol. The summed E-state index contributed by atoms with van der Waals surface area (Å²) in [5, 5.41) is 0. The van der Waals surface area contributed by atoms with Crippen LogP contribution in [0.15, 0.2) is 59.8 Å². The van der Waals surface area contributed by atoms with Crippen LogP contribution in [0.25, 0.3) is 5.69 Å². The monoisotopic (exact) mass is 424 g/mol. The van der Waals surface area contributed by atoms with Gasteiger partial charge >= 0.3 is 0 Å². The number of aromatic nitrogens is 2. The molecule has 0 bridgehead atoms. The molecule has 0 radical (unpaired) electrons. The van der Waals surface area contributed by atoms with Crippen LogP contribution in [-0.4, -0.2) is 30.4 Å². The Labute approximate surface area is 176 Å². The van der Waals surface area contributed by atoms with Gasteiger partial charge in [-0.1, -0.05) is 12.1 Å². The Morgan fingerprint density at radius 2 is 1.93 bits per heavy atom. The fourth-order valence-electron chi connectivity index (χ4n) is 3.75. The molecule has 1 aliphatic heterocycles. The van der Waals surface area contributed by atoms with Gasteiger partial charge in [0.15, 0.2) is 0 Å². The maximum atomic E-state index is 12.8. The van der Waals surface area contributed by atoms with E-state index in [4.69, 9.17) is 0 Å². The first-order valence-corrected chi connectivity index (χ1v) is 11.3. The zero-order valence-electron chi connectivity index (χ0n) is 17.0. The number of carbonyl (C=O) groups excluding carboxylic acids is 1. The highest BCUT2D eigenvalue weighted by Crippen LogP contribution is 2.29. The van der Waals surface area contributed by atoms with Crippen molar-refractivity contribution in [3.8, 4) is 5.69 Å². The summed E-state index contributed by atoms with van der Waals surface area (Å²) in [6.45, 7) is 4.32. The van der Waals surface area contributed by atoms with E-state index < -0.39 is 10.0 Å². The molecule has 0 unspecified atom stereocenters. The van der Waals surface area contributed by atoms with Crippen LogP contribution in [0, 0.1) is 6.92 Å². The zero-order chi connectivity index (χ0) is 21.3. The van der Waals surface area contributed by atoms with Gasteiger partial charge in [-0.25, -0.2) is 18.1 Å². The standard InChI is InChI=1S/C22H24N4O3S/c1-16-23-11-13-25(16)20-7-5-18(6-8-20)15-24-30(28,29)21-9-10-22-19(14-21)4-3-12-26(22)17(2)27/h5-11,13-14,24H,3-4,12,15H2,1-2H3. The topological polar surface area (TPSA) is 84.3 Å². The van der Waals surface area contributed by atoms with Crippen molar-refractivity contribution >= 4 is 21.6 Å². The Morgan fingerprint density at radius 1 is 1.17 bits per heavy atom. The van der Waals surface area contributed by atoms with Crippen molar-refractivity contribution in [2.75, 3.05) is 11.4 Å².